The van der Waals surface area contributed by atoms with Crippen molar-refractivity contribution in [3.63, 3.8) is 0 Å². The Bertz CT molecular complexity index is 868. The van der Waals surface area contributed by atoms with Crippen LogP contribution < -0.4 is 5.43 Å². The van der Waals surface area contributed by atoms with Crippen LogP contribution in [0.15, 0.2) is 102 Å². The van der Waals surface area contributed by atoms with Gasteiger partial charge >= 0.3 is 0 Å². The third-order valence-electron chi connectivity index (χ3n) is 4.52. The summed E-state index contributed by atoms with van der Waals surface area (Å²) in [4.78, 5) is 0. The molecule has 122 valence electrons. The van der Waals surface area contributed by atoms with Gasteiger partial charge in [0.05, 0.1) is 11.8 Å². The predicted molar refractivity (Wildman–Crippen MR) is 104 cm³/mol. The van der Waals surface area contributed by atoms with Crippen LogP contribution in [-0.2, 0) is 0 Å². The molecule has 2 atom stereocenters. The minimum absolute atomic E-state index is 0.149. The molecule has 0 spiro atoms. The maximum absolute atomic E-state index is 4.67. The molecule has 0 aliphatic carbocycles. The van der Waals surface area contributed by atoms with Gasteiger partial charge in [-0.05, 0) is 16.7 Å². The fraction of sp³-hybridized carbons (Fsp3) is 0.0870. The minimum Gasteiger partial charge on any atom is -0.301 e. The van der Waals surface area contributed by atoms with Crippen molar-refractivity contribution in [1.29, 1.82) is 0 Å². The highest BCUT2D eigenvalue weighted by atomic mass is 15.3. The average molecular weight is 324 g/mol. The second kappa shape index (κ2) is 7.18. The molecule has 2 unspecified atom stereocenters. The van der Waals surface area contributed by atoms with E-state index >= 15 is 0 Å². The number of hydrazone groups is 1. The first-order valence-corrected chi connectivity index (χ1v) is 8.58. The molecule has 0 bridgehead atoms. The lowest BCUT2D eigenvalue weighted by Gasteiger charge is -2.18. The zero-order valence-electron chi connectivity index (χ0n) is 13.9. The van der Waals surface area contributed by atoms with E-state index in [4.69, 9.17) is 0 Å². The second-order valence-electron chi connectivity index (χ2n) is 6.18. The predicted octanol–water partition coefficient (Wildman–Crippen LogP) is 5.06. The lowest BCUT2D eigenvalue weighted by molar-refractivity contribution is 0.557. The van der Waals surface area contributed by atoms with Crippen molar-refractivity contribution in [2.24, 2.45) is 11.0 Å². The highest BCUT2D eigenvalue weighted by molar-refractivity contribution is 6.05. The molecular weight excluding hydrogens is 304 g/mol. The molecule has 0 aromatic heterocycles. The smallest absolute Gasteiger partial charge is 0.0808 e. The van der Waals surface area contributed by atoms with E-state index < -0.39 is 0 Å². The molecule has 3 aromatic rings. The van der Waals surface area contributed by atoms with E-state index in [1.807, 2.05) is 18.2 Å². The van der Waals surface area contributed by atoms with Gasteiger partial charge in [0.1, 0.15) is 0 Å². The van der Waals surface area contributed by atoms with Crippen molar-refractivity contribution in [3.05, 3.63) is 114 Å². The maximum Gasteiger partial charge on any atom is 0.0808 e. The van der Waals surface area contributed by atoms with E-state index in [0.29, 0.717) is 0 Å². The van der Waals surface area contributed by atoms with Crippen molar-refractivity contribution in [2.75, 3.05) is 0 Å². The lowest BCUT2D eigenvalue weighted by atomic mass is 9.87. The molecule has 4 rings (SSSR count). The van der Waals surface area contributed by atoms with Crippen LogP contribution in [0.1, 0.15) is 22.7 Å². The van der Waals surface area contributed by atoms with Gasteiger partial charge in [-0.25, -0.2) is 0 Å². The summed E-state index contributed by atoms with van der Waals surface area (Å²) < 4.78 is 0. The summed E-state index contributed by atoms with van der Waals surface area (Å²) in [5, 5.41) is 4.67. The van der Waals surface area contributed by atoms with E-state index in [0.717, 1.165) is 11.3 Å². The van der Waals surface area contributed by atoms with Crippen molar-refractivity contribution in [2.45, 2.75) is 6.04 Å². The van der Waals surface area contributed by atoms with E-state index in [2.05, 4.69) is 95.5 Å². The molecule has 0 radical (unpaired) electrons. The van der Waals surface area contributed by atoms with Crippen molar-refractivity contribution in [1.82, 2.24) is 5.43 Å². The molecule has 2 heteroatoms. The summed E-state index contributed by atoms with van der Waals surface area (Å²) in [5.41, 5.74) is 8.04. The summed E-state index contributed by atoms with van der Waals surface area (Å²) in [7, 11) is 0. The van der Waals surface area contributed by atoms with Crippen molar-refractivity contribution in [3.8, 4) is 0 Å². The molecule has 0 amide bonds. The molecule has 1 aliphatic rings. The molecule has 0 saturated heterocycles. The molecule has 0 fully saturated rings. The van der Waals surface area contributed by atoms with E-state index in [1.165, 1.54) is 11.1 Å². The number of hydrogen-bond acceptors (Lipinski definition) is 2. The van der Waals surface area contributed by atoms with Gasteiger partial charge in [0.25, 0.3) is 0 Å². The van der Waals surface area contributed by atoms with Gasteiger partial charge in [-0.2, -0.15) is 5.10 Å². The molecular formula is C23H20N2. The number of hydrogen-bond donors (Lipinski definition) is 1. The molecule has 2 nitrogen and oxygen atoms in total. The van der Waals surface area contributed by atoms with E-state index in [-0.39, 0.29) is 12.0 Å². The number of rotatable bonds is 4. The van der Waals surface area contributed by atoms with Gasteiger partial charge in [-0.1, -0.05) is 103 Å². The Hall–Kier alpha value is -3.13. The summed E-state index contributed by atoms with van der Waals surface area (Å²) in [6, 6.07) is 31.5. The number of nitrogens with one attached hydrogen (secondary N) is 1. The van der Waals surface area contributed by atoms with Crippen LogP contribution in [0, 0.1) is 5.92 Å². The maximum atomic E-state index is 4.67. The molecule has 25 heavy (non-hydrogen) atoms. The van der Waals surface area contributed by atoms with Gasteiger partial charge in [-0.15, -0.1) is 0 Å². The van der Waals surface area contributed by atoms with Crippen LogP contribution in [0.5, 0.6) is 0 Å². The zero-order chi connectivity index (χ0) is 16.9. The van der Waals surface area contributed by atoms with Gasteiger partial charge in [0.15, 0.2) is 0 Å². The average Bonchev–Trinajstić information content (AvgIpc) is 3.12. The molecule has 0 saturated carbocycles. The van der Waals surface area contributed by atoms with Gasteiger partial charge in [-0.3, -0.25) is 0 Å². The first-order valence-electron chi connectivity index (χ1n) is 8.58. The Labute approximate surface area is 148 Å². The fourth-order valence-corrected chi connectivity index (χ4v) is 3.24. The Morgan fingerprint density at radius 3 is 2.00 bits per heavy atom. The molecule has 3 aromatic carbocycles. The summed E-state index contributed by atoms with van der Waals surface area (Å²) >= 11 is 0. The van der Waals surface area contributed by atoms with Gasteiger partial charge in [0, 0.05) is 5.92 Å². The Morgan fingerprint density at radius 2 is 1.32 bits per heavy atom. The third-order valence-corrected chi connectivity index (χ3v) is 4.52. The number of benzene rings is 3. The van der Waals surface area contributed by atoms with Crippen LogP contribution in [0.2, 0.25) is 0 Å². The third kappa shape index (κ3) is 3.38. The highest BCUT2D eigenvalue weighted by Gasteiger charge is 2.31. The summed E-state index contributed by atoms with van der Waals surface area (Å²) in [6.45, 7) is 0. The molecule has 1 aliphatic heterocycles. The highest BCUT2D eigenvalue weighted by Crippen LogP contribution is 2.32. The van der Waals surface area contributed by atoms with Gasteiger partial charge in [0.2, 0.25) is 0 Å². The summed E-state index contributed by atoms with van der Waals surface area (Å²) in [6.07, 6.45) is 4.45. The topological polar surface area (TPSA) is 24.4 Å². The minimum atomic E-state index is 0.149. The van der Waals surface area contributed by atoms with E-state index in [1.54, 1.807) is 0 Å². The lowest BCUT2D eigenvalue weighted by Crippen LogP contribution is -2.20. The molecule has 1 N–H and O–H groups in total. The van der Waals surface area contributed by atoms with Crippen molar-refractivity contribution >= 4 is 11.8 Å². The first kappa shape index (κ1) is 15.4. The quantitative estimate of drug-likeness (QED) is 0.712. The fourth-order valence-electron chi connectivity index (χ4n) is 3.24. The Kier molecular flexibility index (Phi) is 4.42. The first-order chi connectivity index (χ1) is 12.4. The monoisotopic (exact) mass is 324 g/mol. The van der Waals surface area contributed by atoms with Crippen LogP contribution in [-0.4, -0.2) is 5.71 Å². The normalized spacial score (nSPS) is 19.6. The van der Waals surface area contributed by atoms with Crippen molar-refractivity contribution < 1.29 is 0 Å². The zero-order valence-corrected chi connectivity index (χ0v) is 13.9. The van der Waals surface area contributed by atoms with Crippen LogP contribution in [0.4, 0.5) is 0 Å². The second-order valence-corrected chi connectivity index (χ2v) is 6.18. The van der Waals surface area contributed by atoms with Crippen LogP contribution in [0.25, 0.3) is 6.08 Å². The standard InChI is InChI=1S/C23H20N2/c1-4-10-18(11-5-1)16-17-21-22(19-12-6-2-7-13-19)24-25-23(21)20-14-8-3-9-15-20/h1-17,21-22,24H/b17-16+. The van der Waals surface area contributed by atoms with Crippen LogP contribution in [0.3, 0.4) is 0 Å². The SMILES string of the molecule is C(=C\C1C(c2ccccc2)=NNC1c1ccccc1)/c1ccccc1. The Morgan fingerprint density at radius 1 is 0.720 bits per heavy atom. The number of nitrogens with zero attached hydrogens (tertiary/aromatic N) is 1. The van der Waals surface area contributed by atoms with E-state index in [9.17, 15) is 0 Å². The van der Waals surface area contributed by atoms with Crippen LogP contribution >= 0.6 is 0 Å². The largest absolute Gasteiger partial charge is 0.301 e. The van der Waals surface area contributed by atoms with Gasteiger partial charge < -0.3 is 5.43 Å². The molecule has 1 heterocycles. The Balaban J connectivity index is 1.69. The summed E-state index contributed by atoms with van der Waals surface area (Å²) in [5.74, 6) is 0.185.